The zero-order valence-electron chi connectivity index (χ0n) is 19.9. The number of ether oxygens (including phenoxy) is 3. The lowest BCUT2D eigenvalue weighted by Gasteiger charge is -2.52. The quantitative estimate of drug-likeness (QED) is 0.242. The Morgan fingerprint density at radius 1 is 1.06 bits per heavy atom. The second-order valence-electron chi connectivity index (χ2n) is 9.52. The number of carbonyl (C=O) groups is 1. The minimum atomic E-state index is -1.75. The van der Waals surface area contributed by atoms with E-state index in [9.17, 15) is 9.90 Å². The summed E-state index contributed by atoms with van der Waals surface area (Å²) < 4.78 is 18.3. The Kier molecular flexibility index (Phi) is 7.16. The predicted octanol–water partition coefficient (Wildman–Crippen LogP) is 4.68. The SMILES string of the molecule is COc1cccc(OCCC[N+]23CCC(CC2)C(OC(=O)C(O)(c2cccs2)c2cccs2)C3)c1. The second-order valence-corrected chi connectivity index (χ2v) is 11.4. The van der Waals surface area contributed by atoms with Crippen LogP contribution in [0.5, 0.6) is 11.5 Å². The third-order valence-electron chi connectivity index (χ3n) is 7.44. The molecule has 3 fully saturated rings. The number of benzene rings is 1. The first kappa shape index (κ1) is 24.3. The number of nitrogens with zero attached hydrogens (tertiary/aromatic N) is 1. The topological polar surface area (TPSA) is 65.0 Å². The van der Waals surface area contributed by atoms with Crippen molar-refractivity contribution < 1.29 is 28.6 Å². The van der Waals surface area contributed by atoms with E-state index in [0.717, 1.165) is 61.4 Å². The number of thiophene rings is 2. The van der Waals surface area contributed by atoms with Crippen molar-refractivity contribution in [2.45, 2.75) is 31.0 Å². The Morgan fingerprint density at radius 2 is 1.74 bits per heavy atom. The van der Waals surface area contributed by atoms with Gasteiger partial charge in [0.15, 0.2) is 6.10 Å². The van der Waals surface area contributed by atoms with Crippen molar-refractivity contribution >= 4 is 28.6 Å². The normalized spacial score (nSPS) is 23.7. The Labute approximate surface area is 214 Å². The van der Waals surface area contributed by atoms with Crippen molar-refractivity contribution in [3.05, 3.63) is 69.0 Å². The molecule has 35 heavy (non-hydrogen) atoms. The molecule has 3 aliphatic rings. The van der Waals surface area contributed by atoms with Crippen LogP contribution in [0.4, 0.5) is 0 Å². The Hall–Kier alpha value is -2.39. The summed E-state index contributed by atoms with van der Waals surface area (Å²) in [6.07, 6.45) is 2.85. The number of piperidine rings is 3. The monoisotopic (exact) mass is 514 g/mol. The van der Waals surface area contributed by atoms with Gasteiger partial charge in [-0.1, -0.05) is 18.2 Å². The fraction of sp³-hybridized carbons (Fsp3) is 0.444. The van der Waals surface area contributed by atoms with Gasteiger partial charge in [0, 0.05) is 31.2 Å². The number of rotatable bonds is 10. The van der Waals surface area contributed by atoms with Gasteiger partial charge in [-0.05, 0) is 35.0 Å². The third kappa shape index (κ3) is 4.98. The lowest BCUT2D eigenvalue weighted by molar-refractivity contribution is -0.946. The molecule has 2 aromatic heterocycles. The first-order valence-corrected chi connectivity index (χ1v) is 13.9. The molecular weight excluding hydrogens is 482 g/mol. The Balaban J connectivity index is 1.22. The van der Waals surface area contributed by atoms with Gasteiger partial charge in [-0.15, -0.1) is 22.7 Å². The maximum atomic E-state index is 13.5. The van der Waals surface area contributed by atoms with Gasteiger partial charge in [-0.2, -0.15) is 0 Å². The zero-order valence-corrected chi connectivity index (χ0v) is 21.6. The number of aliphatic hydroxyl groups is 1. The van der Waals surface area contributed by atoms with E-state index in [1.807, 2.05) is 47.2 Å². The molecule has 3 aromatic rings. The molecule has 8 heteroatoms. The van der Waals surface area contributed by atoms with Crippen LogP contribution in [0.15, 0.2) is 59.3 Å². The maximum Gasteiger partial charge on any atom is 0.349 e. The molecule has 0 radical (unpaired) electrons. The standard InChI is InChI=1S/C27H32NO5S2/c1-31-21-6-2-7-22(18-21)32-15-5-12-28-13-10-20(11-14-28)23(19-28)33-26(29)27(30,24-8-3-16-34-24)25-9-4-17-35-25/h2-4,6-9,16-18,20,23,30H,5,10-15,19H2,1H3/q+1. The number of fused-ring (bicyclic) bond motifs is 3. The molecule has 2 bridgehead atoms. The second kappa shape index (κ2) is 10.3. The fourth-order valence-corrected chi connectivity index (χ4v) is 7.18. The lowest BCUT2D eigenvalue weighted by atomic mass is 9.83. The van der Waals surface area contributed by atoms with E-state index >= 15 is 0 Å². The van der Waals surface area contributed by atoms with Gasteiger partial charge in [-0.3, -0.25) is 0 Å². The van der Waals surface area contributed by atoms with Gasteiger partial charge in [0.1, 0.15) is 18.0 Å². The van der Waals surface area contributed by atoms with Crippen LogP contribution >= 0.6 is 22.7 Å². The van der Waals surface area contributed by atoms with Gasteiger partial charge < -0.3 is 23.8 Å². The molecule has 1 N–H and O–H groups in total. The summed E-state index contributed by atoms with van der Waals surface area (Å²) in [6.45, 7) is 4.65. The Morgan fingerprint density at radius 3 is 2.37 bits per heavy atom. The number of carbonyl (C=O) groups excluding carboxylic acids is 1. The van der Waals surface area contributed by atoms with E-state index in [1.54, 1.807) is 19.2 Å². The lowest BCUT2D eigenvalue weighted by Crippen LogP contribution is -2.65. The highest BCUT2D eigenvalue weighted by Crippen LogP contribution is 2.40. The summed E-state index contributed by atoms with van der Waals surface area (Å²) >= 11 is 2.75. The van der Waals surface area contributed by atoms with Crippen molar-refractivity contribution in [1.82, 2.24) is 0 Å². The van der Waals surface area contributed by atoms with Crippen LogP contribution in [0, 0.1) is 5.92 Å². The summed E-state index contributed by atoms with van der Waals surface area (Å²) in [6, 6.07) is 15.0. The molecule has 3 saturated heterocycles. The van der Waals surface area contributed by atoms with Crippen LogP contribution in [0.1, 0.15) is 29.0 Å². The van der Waals surface area contributed by atoms with E-state index in [2.05, 4.69) is 0 Å². The van der Waals surface area contributed by atoms with Crippen molar-refractivity contribution in [3.63, 3.8) is 0 Å². The van der Waals surface area contributed by atoms with Gasteiger partial charge in [0.2, 0.25) is 5.60 Å². The summed E-state index contributed by atoms with van der Waals surface area (Å²) in [5, 5.41) is 15.4. The largest absolute Gasteiger partial charge is 0.497 e. The van der Waals surface area contributed by atoms with Crippen molar-refractivity contribution in [3.8, 4) is 11.5 Å². The van der Waals surface area contributed by atoms with E-state index < -0.39 is 11.6 Å². The third-order valence-corrected chi connectivity index (χ3v) is 9.39. The van der Waals surface area contributed by atoms with Gasteiger partial charge >= 0.3 is 5.97 Å². The summed E-state index contributed by atoms with van der Waals surface area (Å²) in [7, 11) is 1.65. The summed E-state index contributed by atoms with van der Waals surface area (Å²) in [4.78, 5) is 14.7. The molecule has 5 heterocycles. The van der Waals surface area contributed by atoms with Gasteiger partial charge in [0.25, 0.3) is 0 Å². The highest BCUT2D eigenvalue weighted by Gasteiger charge is 2.51. The minimum absolute atomic E-state index is 0.171. The van der Waals surface area contributed by atoms with E-state index in [1.165, 1.54) is 22.7 Å². The van der Waals surface area contributed by atoms with Crippen molar-refractivity contribution in [1.29, 1.82) is 0 Å². The molecule has 0 saturated carbocycles. The van der Waals surface area contributed by atoms with Crippen LogP contribution in [-0.2, 0) is 15.1 Å². The molecule has 1 unspecified atom stereocenters. The number of hydrogen-bond donors (Lipinski definition) is 1. The van der Waals surface area contributed by atoms with Crippen LogP contribution in [0.3, 0.4) is 0 Å². The number of quaternary nitrogens is 1. The highest BCUT2D eigenvalue weighted by molar-refractivity contribution is 7.12. The van der Waals surface area contributed by atoms with Gasteiger partial charge in [0.05, 0.1) is 43.1 Å². The number of methoxy groups -OCH3 is 1. The molecule has 0 amide bonds. The minimum Gasteiger partial charge on any atom is -0.497 e. The smallest absolute Gasteiger partial charge is 0.349 e. The van der Waals surface area contributed by atoms with Crippen LogP contribution in [-0.4, -0.2) is 61.6 Å². The molecular formula is C27H32NO5S2+. The van der Waals surface area contributed by atoms with Crippen molar-refractivity contribution in [2.24, 2.45) is 5.92 Å². The van der Waals surface area contributed by atoms with E-state index in [4.69, 9.17) is 14.2 Å². The first-order valence-electron chi connectivity index (χ1n) is 12.2. The highest BCUT2D eigenvalue weighted by atomic mass is 32.1. The molecule has 6 rings (SSSR count). The Bertz CT molecular complexity index is 1070. The molecule has 0 aliphatic carbocycles. The van der Waals surface area contributed by atoms with Crippen LogP contribution in [0.2, 0.25) is 0 Å². The fourth-order valence-electron chi connectivity index (χ4n) is 5.46. The first-order chi connectivity index (χ1) is 17.0. The molecule has 6 nitrogen and oxygen atoms in total. The average molecular weight is 515 g/mol. The summed E-state index contributed by atoms with van der Waals surface area (Å²) in [5.41, 5.74) is -1.75. The van der Waals surface area contributed by atoms with Gasteiger partial charge in [-0.25, -0.2) is 4.79 Å². The van der Waals surface area contributed by atoms with E-state index in [0.29, 0.717) is 22.3 Å². The zero-order chi connectivity index (χ0) is 24.3. The number of esters is 1. The van der Waals surface area contributed by atoms with Crippen LogP contribution < -0.4 is 9.47 Å². The predicted molar refractivity (Wildman–Crippen MR) is 137 cm³/mol. The molecule has 0 spiro atoms. The molecule has 3 aliphatic heterocycles. The molecule has 186 valence electrons. The number of hydrogen-bond acceptors (Lipinski definition) is 7. The maximum absolute atomic E-state index is 13.5. The molecule has 1 aromatic carbocycles. The van der Waals surface area contributed by atoms with Crippen molar-refractivity contribution in [2.75, 3.05) is 39.9 Å². The summed E-state index contributed by atoms with van der Waals surface area (Å²) in [5.74, 6) is 1.41. The van der Waals surface area contributed by atoms with Crippen LogP contribution in [0.25, 0.3) is 0 Å². The van der Waals surface area contributed by atoms with E-state index in [-0.39, 0.29) is 6.10 Å². The average Bonchev–Trinajstić information content (AvgIpc) is 3.62. The molecule has 1 atom stereocenters.